The van der Waals surface area contributed by atoms with Crippen LogP contribution < -0.4 is 5.32 Å². The number of likely N-dealkylation sites (tertiary alicyclic amines) is 1. The molecule has 1 fully saturated rings. The number of nitrogens with one attached hydrogen (secondary N) is 1. The lowest BCUT2D eigenvalue weighted by Crippen LogP contribution is -2.42. The number of carboxylic acid groups (broad SMARTS) is 2. The van der Waals surface area contributed by atoms with E-state index < -0.39 is 11.9 Å². The maximum Gasteiger partial charge on any atom is 0.328 e. The molecule has 0 spiro atoms. The third-order valence-corrected chi connectivity index (χ3v) is 4.84. The lowest BCUT2D eigenvalue weighted by atomic mass is 10.0. The van der Waals surface area contributed by atoms with Gasteiger partial charge in [-0.3, -0.25) is 4.90 Å². The predicted octanol–water partition coefficient (Wildman–Crippen LogP) is 3.67. The van der Waals surface area contributed by atoms with Crippen molar-refractivity contribution in [1.82, 2.24) is 10.2 Å². The number of carbonyl (C=O) groups is 2. The maximum atomic E-state index is 9.55. The van der Waals surface area contributed by atoms with E-state index >= 15 is 0 Å². The van der Waals surface area contributed by atoms with E-state index in [-0.39, 0.29) is 0 Å². The Morgan fingerprint density at radius 2 is 1.45 bits per heavy atom. The average molecular weight is 423 g/mol. The van der Waals surface area contributed by atoms with Crippen LogP contribution >= 0.6 is 0 Å². The molecule has 31 heavy (non-hydrogen) atoms. The zero-order chi connectivity index (χ0) is 22.3. The topological polar surface area (TPSA) is 89.9 Å². The van der Waals surface area contributed by atoms with Crippen LogP contribution in [0.25, 0.3) is 6.08 Å². The van der Waals surface area contributed by atoms with Gasteiger partial charge in [0.25, 0.3) is 0 Å². The van der Waals surface area contributed by atoms with Gasteiger partial charge < -0.3 is 15.5 Å². The third-order valence-electron chi connectivity index (χ3n) is 4.84. The first-order valence-corrected chi connectivity index (χ1v) is 10.4. The predicted molar refractivity (Wildman–Crippen MR) is 123 cm³/mol. The molecule has 0 bridgehead atoms. The summed E-state index contributed by atoms with van der Waals surface area (Å²) in [5.74, 6) is -2.51. The molecule has 164 valence electrons. The standard InChI is InChI=1S/C21H26N2.C4H4O4/c1-3-8-19(9-4-1)12-7-15-22-21-13-16-23(17-14-21)18-20-10-5-2-6-11-20;5-3(6)1-2-4(7)8/h1-12,21-22H,13-18H2;1-2H,(H,5,6)(H,7,8)/b12-7+;2-1+. The number of rotatable bonds is 8. The molecule has 6 nitrogen and oxygen atoms in total. The summed E-state index contributed by atoms with van der Waals surface area (Å²) in [5, 5.41) is 19.3. The van der Waals surface area contributed by atoms with Gasteiger partial charge in [-0.1, -0.05) is 72.8 Å². The highest BCUT2D eigenvalue weighted by Crippen LogP contribution is 2.13. The van der Waals surface area contributed by atoms with Crippen LogP contribution in [0.1, 0.15) is 24.0 Å². The monoisotopic (exact) mass is 422 g/mol. The Hall–Kier alpha value is -3.22. The molecule has 1 saturated heterocycles. The Morgan fingerprint density at radius 1 is 0.903 bits per heavy atom. The summed E-state index contributed by atoms with van der Waals surface area (Å²) in [4.78, 5) is 21.7. The van der Waals surface area contributed by atoms with Crippen molar-refractivity contribution in [2.45, 2.75) is 25.4 Å². The zero-order valence-electron chi connectivity index (χ0n) is 17.6. The van der Waals surface area contributed by atoms with Gasteiger partial charge in [0.2, 0.25) is 0 Å². The fourth-order valence-electron chi connectivity index (χ4n) is 3.27. The lowest BCUT2D eigenvalue weighted by molar-refractivity contribution is -0.134. The molecule has 0 aromatic heterocycles. The SMILES string of the molecule is C(=C\c1ccccc1)/CNC1CCN(Cc2ccccc2)CC1.O=C(O)/C=C/C(=O)O. The number of piperidine rings is 1. The fraction of sp³-hybridized carbons (Fsp3) is 0.280. The molecular weight excluding hydrogens is 392 g/mol. The number of hydrogen-bond acceptors (Lipinski definition) is 4. The molecule has 0 unspecified atom stereocenters. The number of nitrogens with zero attached hydrogens (tertiary/aromatic N) is 1. The molecule has 0 saturated carbocycles. The number of carboxylic acids is 2. The van der Waals surface area contributed by atoms with Crippen LogP contribution in [0.3, 0.4) is 0 Å². The third kappa shape index (κ3) is 10.9. The van der Waals surface area contributed by atoms with Gasteiger partial charge in [0.05, 0.1) is 0 Å². The summed E-state index contributed by atoms with van der Waals surface area (Å²) in [6, 6.07) is 21.9. The van der Waals surface area contributed by atoms with Crippen LogP contribution in [0.15, 0.2) is 78.9 Å². The molecule has 6 heteroatoms. The maximum absolute atomic E-state index is 9.55. The minimum atomic E-state index is -1.26. The van der Waals surface area contributed by atoms with Crippen LogP contribution in [0.4, 0.5) is 0 Å². The van der Waals surface area contributed by atoms with Crippen molar-refractivity contribution >= 4 is 18.0 Å². The van der Waals surface area contributed by atoms with Gasteiger partial charge in [-0.15, -0.1) is 0 Å². The van der Waals surface area contributed by atoms with Crippen molar-refractivity contribution in [3.8, 4) is 0 Å². The van der Waals surface area contributed by atoms with Gasteiger partial charge in [0.15, 0.2) is 0 Å². The molecule has 0 atom stereocenters. The normalized spacial score (nSPS) is 15.0. The molecule has 3 N–H and O–H groups in total. The highest BCUT2D eigenvalue weighted by atomic mass is 16.4. The second-order valence-electron chi connectivity index (χ2n) is 7.27. The molecule has 1 aliphatic rings. The highest BCUT2D eigenvalue weighted by molar-refractivity contribution is 5.89. The van der Waals surface area contributed by atoms with E-state index in [4.69, 9.17) is 10.2 Å². The molecular formula is C25H30N2O4. The molecule has 1 aliphatic heterocycles. The van der Waals surface area contributed by atoms with Crippen LogP contribution in [0, 0.1) is 0 Å². The Morgan fingerprint density at radius 3 is 2.00 bits per heavy atom. The first kappa shape index (κ1) is 24.1. The second-order valence-corrected chi connectivity index (χ2v) is 7.27. The molecule has 2 aromatic rings. The second kappa shape index (κ2) is 13.9. The van der Waals surface area contributed by atoms with Gasteiger partial charge in [-0.25, -0.2) is 9.59 Å². The van der Waals surface area contributed by atoms with Crippen molar-refractivity contribution in [2.75, 3.05) is 19.6 Å². The smallest absolute Gasteiger partial charge is 0.328 e. The minimum Gasteiger partial charge on any atom is -0.478 e. The average Bonchev–Trinajstić information content (AvgIpc) is 2.78. The number of benzene rings is 2. The Kier molecular flexibility index (Phi) is 10.8. The van der Waals surface area contributed by atoms with E-state index in [0.29, 0.717) is 18.2 Å². The highest BCUT2D eigenvalue weighted by Gasteiger charge is 2.18. The summed E-state index contributed by atoms with van der Waals surface area (Å²) >= 11 is 0. The summed E-state index contributed by atoms with van der Waals surface area (Å²) < 4.78 is 0. The summed E-state index contributed by atoms with van der Waals surface area (Å²) in [6.07, 6.45) is 8.02. The van der Waals surface area contributed by atoms with Crippen molar-refractivity contribution in [3.63, 3.8) is 0 Å². The van der Waals surface area contributed by atoms with Crippen LogP contribution in [0.5, 0.6) is 0 Å². The molecule has 0 amide bonds. The Bertz CT molecular complexity index is 826. The van der Waals surface area contributed by atoms with E-state index in [1.54, 1.807) is 0 Å². The summed E-state index contributed by atoms with van der Waals surface area (Å²) in [5.41, 5.74) is 2.69. The first-order chi connectivity index (χ1) is 15.0. The molecule has 3 rings (SSSR count). The zero-order valence-corrected chi connectivity index (χ0v) is 17.6. The van der Waals surface area contributed by atoms with Gasteiger partial charge in [-0.2, -0.15) is 0 Å². The molecule has 1 heterocycles. The van der Waals surface area contributed by atoms with E-state index in [1.807, 2.05) is 0 Å². The van der Waals surface area contributed by atoms with Crippen LogP contribution in [-0.2, 0) is 16.1 Å². The van der Waals surface area contributed by atoms with Crippen LogP contribution in [-0.4, -0.2) is 52.7 Å². The van der Waals surface area contributed by atoms with Gasteiger partial charge in [0.1, 0.15) is 0 Å². The number of aliphatic carboxylic acids is 2. The van der Waals surface area contributed by atoms with Gasteiger partial charge in [-0.05, 0) is 37.1 Å². The van der Waals surface area contributed by atoms with Crippen LogP contribution in [0.2, 0.25) is 0 Å². The summed E-state index contributed by atoms with van der Waals surface area (Å²) in [6.45, 7) is 4.42. The fourth-order valence-corrected chi connectivity index (χ4v) is 3.27. The molecule has 0 aliphatic carbocycles. The van der Waals surface area contributed by atoms with Crippen molar-refractivity contribution < 1.29 is 19.8 Å². The van der Waals surface area contributed by atoms with Crippen molar-refractivity contribution in [1.29, 1.82) is 0 Å². The van der Waals surface area contributed by atoms with E-state index in [2.05, 4.69) is 83.0 Å². The molecule has 2 aromatic carbocycles. The lowest BCUT2D eigenvalue weighted by Gasteiger charge is -2.32. The van der Waals surface area contributed by atoms with E-state index in [1.165, 1.54) is 37.1 Å². The van der Waals surface area contributed by atoms with Crippen molar-refractivity contribution in [3.05, 3.63) is 90.0 Å². The Balaban J connectivity index is 0.000000366. The van der Waals surface area contributed by atoms with Gasteiger partial charge >= 0.3 is 11.9 Å². The quantitative estimate of drug-likeness (QED) is 0.563. The van der Waals surface area contributed by atoms with E-state index in [9.17, 15) is 9.59 Å². The minimum absolute atomic E-state index is 0.558. The van der Waals surface area contributed by atoms with Crippen molar-refractivity contribution in [2.24, 2.45) is 0 Å². The largest absolute Gasteiger partial charge is 0.478 e. The van der Waals surface area contributed by atoms with E-state index in [0.717, 1.165) is 13.1 Å². The summed E-state index contributed by atoms with van der Waals surface area (Å²) in [7, 11) is 0. The Labute approximate surface area is 183 Å². The molecule has 0 radical (unpaired) electrons. The first-order valence-electron chi connectivity index (χ1n) is 10.4. The number of hydrogen-bond donors (Lipinski definition) is 3. The van der Waals surface area contributed by atoms with Gasteiger partial charge in [0, 0.05) is 31.3 Å².